The third-order valence-corrected chi connectivity index (χ3v) is 5.44. The van der Waals surface area contributed by atoms with Crippen molar-refractivity contribution in [1.82, 2.24) is 4.98 Å². The highest BCUT2D eigenvalue weighted by Crippen LogP contribution is 2.33. The van der Waals surface area contributed by atoms with Gasteiger partial charge in [0, 0.05) is 11.3 Å². The summed E-state index contributed by atoms with van der Waals surface area (Å²) in [6, 6.07) is 6.21. The lowest BCUT2D eigenvalue weighted by Gasteiger charge is -2.10. The molecule has 2 heterocycles. The van der Waals surface area contributed by atoms with Crippen molar-refractivity contribution in [3.05, 3.63) is 44.9 Å². The molecule has 4 rings (SSSR count). The van der Waals surface area contributed by atoms with Gasteiger partial charge >= 0.3 is 0 Å². The zero-order valence-corrected chi connectivity index (χ0v) is 12.2. The molecule has 104 valence electrons. The van der Waals surface area contributed by atoms with E-state index in [4.69, 9.17) is 15.5 Å². The maximum atomic E-state index is 6.43. The molecule has 2 aliphatic rings. The van der Waals surface area contributed by atoms with Gasteiger partial charge in [-0.1, -0.05) is 6.07 Å². The van der Waals surface area contributed by atoms with Crippen molar-refractivity contribution in [2.24, 2.45) is 5.73 Å². The third kappa shape index (κ3) is 2.03. The van der Waals surface area contributed by atoms with Gasteiger partial charge < -0.3 is 10.5 Å². The van der Waals surface area contributed by atoms with Crippen molar-refractivity contribution >= 4 is 11.3 Å². The Bertz CT molecular complexity index is 626. The van der Waals surface area contributed by atoms with Crippen LogP contribution in [0.2, 0.25) is 0 Å². The fraction of sp³-hybridized carbons (Fsp3) is 0.438. The number of aromatic nitrogens is 1. The molecule has 1 unspecified atom stereocenters. The summed E-state index contributed by atoms with van der Waals surface area (Å²) in [6.07, 6.45) is 5.85. The van der Waals surface area contributed by atoms with Gasteiger partial charge in [0.05, 0.1) is 18.3 Å². The van der Waals surface area contributed by atoms with E-state index >= 15 is 0 Å². The number of aryl methyl sites for hydroxylation is 2. The quantitative estimate of drug-likeness (QED) is 0.923. The first-order valence-electron chi connectivity index (χ1n) is 7.31. The lowest BCUT2D eigenvalue weighted by Crippen LogP contribution is -2.12. The highest BCUT2D eigenvalue weighted by Gasteiger charge is 2.21. The Morgan fingerprint density at radius 2 is 2.10 bits per heavy atom. The molecular weight excluding hydrogens is 268 g/mol. The van der Waals surface area contributed by atoms with Crippen LogP contribution in [0.1, 0.15) is 45.6 Å². The van der Waals surface area contributed by atoms with Gasteiger partial charge in [-0.25, -0.2) is 4.98 Å². The van der Waals surface area contributed by atoms with E-state index in [1.54, 1.807) is 11.3 Å². The van der Waals surface area contributed by atoms with Crippen molar-refractivity contribution < 1.29 is 4.74 Å². The Labute approximate surface area is 122 Å². The van der Waals surface area contributed by atoms with Gasteiger partial charge in [0.1, 0.15) is 10.8 Å². The van der Waals surface area contributed by atoms with Gasteiger partial charge in [0.2, 0.25) is 0 Å². The molecule has 1 atom stereocenters. The Balaban J connectivity index is 1.66. The second-order valence-electron chi connectivity index (χ2n) is 5.57. The number of nitrogens with two attached hydrogens (primary N) is 1. The highest BCUT2D eigenvalue weighted by atomic mass is 32.1. The van der Waals surface area contributed by atoms with Gasteiger partial charge in [-0.15, -0.1) is 11.3 Å². The summed E-state index contributed by atoms with van der Waals surface area (Å²) in [4.78, 5) is 6.23. The van der Waals surface area contributed by atoms with Crippen LogP contribution in [0.4, 0.5) is 0 Å². The lowest BCUT2D eigenvalue weighted by atomic mass is 10.0. The summed E-state index contributed by atoms with van der Waals surface area (Å²) in [7, 11) is 0. The van der Waals surface area contributed by atoms with Gasteiger partial charge in [-0.2, -0.15) is 0 Å². The van der Waals surface area contributed by atoms with E-state index in [0.29, 0.717) is 0 Å². The summed E-state index contributed by atoms with van der Waals surface area (Å²) in [5.41, 5.74) is 10.1. The van der Waals surface area contributed by atoms with E-state index in [1.807, 2.05) is 6.07 Å². The number of thiazole rings is 1. The molecule has 1 aromatic carbocycles. The third-order valence-electron chi connectivity index (χ3n) is 4.20. The summed E-state index contributed by atoms with van der Waals surface area (Å²) < 4.78 is 5.55. The number of fused-ring (bicyclic) bond motifs is 2. The van der Waals surface area contributed by atoms with E-state index in [0.717, 1.165) is 35.8 Å². The molecule has 0 radical (unpaired) electrons. The monoisotopic (exact) mass is 286 g/mol. The van der Waals surface area contributed by atoms with Crippen molar-refractivity contribution in [2.75, 3.05) is 6.61 Å². The summed E-state index contributed by atoms with van der Waals surface area (Å²) >= 11 is 1.80. The maximum Gasteiger partial charge on any atom is 0.122 e. The normalized spacial score (nSPS) is 18.2. The molecule has 0 amide bonds. The van der Waals surface area contributed by atoms with Crippen LogP contribution in [-0.4, -0.2) is 11.6 Å². The molecule has 20 heavy (non-hydrogen) atoms. The molecule has 0 spiro atoms. The SMILES string of the molecule is NC(c1ccc2c(c1)CCO2)c1nc2c(s1)CCCC2. The largest absolute Gasteiger partial charge is 0.493 e. The van der Waals surface area contributed by atoms with E-state index in [-0.39, 0.29) is 6.04 Å². The molecule has 2 aromatic rings. The van der Waals surface area contributed by atoms with Crippen molar-refractivity contribution in [3.8, 4) is 5.75 Å². The van der Waals surface area contributed by atoms with E-state index in [2.05, 4.69) is 12.1 Å². The molecule has 3 nitrogen and oxygen atoms in total. The molecule has 0 saturated heterocycles. The Kier molecular flexibility index (Phi) is 3.00. The zero-order valence-electron chi connectivity index (χ0n) is 11.4. The fourth-order valence-electron chi connectivity index (χ4n) is 3.05. The summed E-state index contributed by atoms with van der Waals surface area (Å²) in [6.45, 7) is 0.791. The molecule has 1 aromatic heterocycles. The first-order chi connectivity index (χ1) is 9.81. The highest BCUT2D eigenvalue weighted by molar-refractivity contribution is 7.11. The van der Waals surface area contributed by atoms with Gasteiger partial charge in [-0.3, -0.25) is 0 Å². The Morgan fingerprint density at radius 1 is 1.20 bits per heavy atom. The van der Waals surface area contributed by atoms with Crippen molar-refractivity contribution in [3.63, 3.8) is 0 Å². The van der Waals surface area contributed by atoms with Crippen LogP contribution in [0.3, 0.4) is 0 Å². The number of hydrogen-bond acceptors (Lipinski definition) is 4. The first kappa shape index (κ1) is 12.4. The van der Waals surface area contributed by atoms with Crippen molar-refractivity contribution in [1.29, 1.82) is 0 Å². The Hall–Kier alpha value is -1.39. The molecule has 1 aliphatic carbocycles. The second-order valence-corrected chi connectivity index (χ2v) is 6.69. The number of hydrogen-bond donors (Lipinski definition) is 1. The Morgan fingerprint density at radius 3 is 3.00 bits per heavy atom. The predicted molar refractivity (Wildman–Crippen MR) is 80.4 cm³/mol. The summed E-state index contributed by atoms with van der Waals surface area (Å²) in [5, 5.41) is 1.07. The molecule has 2 N–H and O–H groups in total. The minimum atomic E-state index is -0.100. The first-order valence-corrected chi connectivity index (χ1v) is 8.12. The molecule has 0 fully saturated rings. The number of ether oxygens (including phenoxy) is 1. The van der Waals surface area contributed by atoms with Crippen LogP contribution in [0.15, 0.2) is 18.2 Å². The average molecular weight is 286 g/mol. The van der Waals surface area contributed by atoms with E-state index in [1.165, 1.54) is 35.4 Å². The van der Waals surface area contributed by atoms with Gasteiger partial charge in [0.15, 0.2) is 0 Å². The van der Waals surface area contributed by atoms with E-state index in [9.17, 15) is 0 Å². The number of benzene rings is 1. The van der Waals surface area contributed by atoms with Crippen LogP contribution < -0.4 is 10.5 Å². The standard InChI is InChI=1S/C16H18N2OS/c17-15(11-5-6-13-10(9-11)7-8-19-13)16-18-12-3-1-2-4-14(12)20-16/h5-6,9,15H,1-4,7-8,17H2. The second kappa shape index (κ2) is 4.86. The van der Waals surface area contributed by atoms with Crippen LogP contribution >= 0.6 is 11.3 Å². The maximum absolute atomic E-state index is 6.43. The molecule has 1 aliphatic heterocycles. The number of nitrogens with zero attached hydrogens (tertiary/aromatic N) is 1. The molecule has 0 saturated carbocycles. The average Bonchev–Trinajstić information content (AvgIpc) is 3.11. The van der Waals surface area contributed by atoms with Crippen LogP contribution in [0.5, 0.6) is 5.75 Å². The molecule has 0 bridgehead atoms. The lowest BCUT2D eigenvalue weighted by molar-refractivity contribution is 0.357. The zero-order chi connectivity index (χ0) is 13.5. The topological polar surface area (TPSA) is 48.1 Å². The van der Waals surface area contributed by atoms with Crippen LogP contribution in [-0.2, 0) is 19.3 Å². The minimum absolute atomic E-state index is 0.100. The van der Waals surface area contributed by atoms with Crippen molar-refractivity contribution in [2.45, 2.75) is 38.1 Å². The predicted octanol–water partition coefficient (Wildman–Crippen LogP) is 3.00. The fourth-order valence-corrected chi connectivity index (χ4v) is 4.23. The molecule has 4 heteroatoms. The van der Waals surface area contributed by atoms with Gasteiger partial charge in [0.25, 0.3) is 0 Å². The van der Waals surface area contributed by atoms with Gasteiger partial charge in [-0.05, 0) is 48.9 Å². The number of rotatable bonds is 2. The van der Waals surface area contributed by atoms with E-state index < -0.39 is 0 Å². The van der Waals surface area contributed by atoms with Crippen LogP contribution in [0, 0.1) is 0 Å². The van der Waals surface area contributed by atoms with Crippen LogP contribution in [0.25, 0.3) is 0 Å². The smallest absolute Gasteiger partial charge is 0.122 e. The summed E-state index contributed by atoms with van der Waals surface area (Å²) in [5.74, 6) is 1.01. The molecular formula is C16H18N2OS. The minimum Gasteiger partial charge on any atom is -0.493 e.